The number of para-hydroxylation sites is 2. The van der Waals surface area contributed by atoms with Crippen molar-refractivity contribution in [2.75, 3.05) is 4.90 Å². The minimum absolute atomic E-state index is 0.868. The SMILES string of the molecule is c1ccc(N(c2ccc3c(c2)oc2ccccc23)c2cccc(-c3cccc4ccccc34)c2-c2cc3ccccc3c3ccccc23)cc1. The third-order valence-electron chi connectivity index (χ3n) is 10.0. The molecule has 0 spiro atoms. The van der Waals surface area contributed by atoms with Crippen LogP contribution < -0.4 is 4.90 Å². The van der Waals surface area contributed by atoms with Gasteiger partial charge >= 0.3 is 0 Å². The average molecular weight is 638 g/mol. The van der Waals surface area contributed by atoms with Gasteiger partial charge in [-0.3, -0.25) is 0 Å². The van der Waals surface area contributed by atoms with Gasteiger partial charge in [0.2, 0.25) is 0 Å². The minimum atomic E-state index is 0.868. The highest BCUT2D eigenvalue weighted by atomic mass is 16.3. The van der Waals surface area contributed by atoms with E-state index in [4.69, 9.17) is 4.42 Å². The molecule has 0 aliphatic rings. The van der Waals surface area contributed by atoms with Gasteiger partial charge < -0.3 is 9.32 Å². The van der Waals surface area contributed by atoms with Crippen LogP contribution >= 0.6 is 0 Å². The molecule has 2 nitrogen and oxygen atoms in total. The zero-order chi connectivity index (χ0) is 33.0. The summed E-state index contributed by atoms with van der Waals surface area (Å²) < 4.78 is 6.45. The Balaban J connectivity index is 1.34. The Morgan fingerprint density at radius 3 is 1.80 bits per heavy atom. The molecule has 50 heavy (non-hydrogen) atoms. The van der Waals surface area contributed by atoms with Crippen LogP contribution in [0.1, 0.15) is 0 Å². The molecule has 1 aromatic heterocycles. The van der Waals surface area contributed by atoms with Crippen molar-refractivity contribution in [1.29, 1.82) is 0 Å². The van der Waals surface area contributed by atoms with Gasteiger partial charge in [0.1, 0.15) is 11.2 Å². The van der Waals surface area contributed by atoms with E-state index in [1.807, 2.05) is 12.1 Å². The van der Waals surface area contributed by atoms with Crippen LogP contribution in [-0.4, -0.2) is 0 Å². The lowest BCUT2D eigenvalue weighted by Crippen LogP contribution is -2.11. The van der Waals surface area contributed by atoms with Crippen LogP contribution in [-0.2, 0) is 0 Å². The molecule has 0 fully saturated rings. The number of nitrogens with zero attached hydrogens (tertiary/aromatic N) is 1. The molecular formula is C48H31NO. The van der Waals surface area contributed by atoms with Crippen molar-refractivity contribution in [3.63, 3.8) is 0 Å². The first-order valence-corrected chi connectivity index (χ1v) is 17.1. The monoisotopic (exact) mass is 637 g/mol. The Morgan fingerprint density at radius 2 is 0.940 bits per heavy atom. The fraction of sp³-hybridized carbons (Fsp3) is 0. The summed E-state index contributed by atoms with van der Waals surface area (Å²) in [6.07, 6.45) is 0. The van der Waals surface area contributed by atoms with Crippen molar-refractivity contribution in [3.8, 4) is 22.3 Å². The van der Waals surface area contributed by atoms with E-state index in [0.29, 0.717) is 0 Å². The van der Waals surface area contributed by atoms with Gasteiger partial charge in [-0.2, -0.15) is 0 Å². The Kier molecular flexibility index (Phi) is 6.53. The first-order chi connectivity index (χ1) is 24.8. The van der Waals surface area contributed by atoms with E-state index in [1.54, 1.807) is 0 Å². The summed E-state index contributed by atoms with van der Waals surface area (Å²) in [6, 6.07) is 67.6. The van der Waals surface area contributed by atoms with E-state index < -0.39 is 0 Å². The Labute approximate surface area is 290 Å². The molecule has 2 heteroatoms. The molecule has 0 radical (unpaired) electrons. The predicted molar refractivity (Wildman–Crippen MR) is 212 cm³/mol. The van der Waals surface area contributed by atoms with Crippen molar-refractivity contribution in [3.05, 3.63) is 188 Å². The van der Waals surface area contributed by atoms with Crippen LogP contribution in [0.15, 0.2) is 192 Å². The highest BCUT2D eigenvalue weighted by Crippen LogP contribution is 2.49. The van der Waals surface area contributed by atoms with Gasteiger partial charge in [0, 0.05) is 33.8 Å². The number of hydrogen-bond donors (Lipinski definition) is 0. The molecule has 0 amide bonds. The zero-order valence-corrected chi connectivity index (χ0v) is 27.3. The van der Waals surface area contributed by atoms with Gasteiger partial charge in [-0.15, -0.1) is 0 Å². The van der Waals surface area contributed by atoms with E-state index in [-0.39, 0.29) is 0 Å². The molecular weight excluding hydrogens is 607 g/mol. The molecule has 0 atom stereocenters. The van der Waals surface area contributed by atoms with Crippen LogP contribution in [0.4, 0.5) is 17.1 Å². The van der Waals surface area contributed by atoms with Crippen LogP contribution in [0.2, 0.25) is 0 Å². The first-order valence-electron chi connectivity index (χ1n) is 17.1. The molecule has 10 aromatic rings. The van der Waals surface area contributed by atoms with E-state index in [9.17, 15) is 0 Å². The summed E-state index contributed by atoms with van der Waals surface area (Å²) in [5.74, 6) is 0. The van der Waals surface area contributed by atoms with E-state index in [1.165, 1.54) is 54.6 Å². The Bertz CT molecular complexity index is 2880. The fourth-order valence-corrected chi connectivity index (χ4v) is 7.81. The van der Waals surface area contributed by atoms with Crippen LogP contribution in [0, 0.1) is 0 Å². The molecule has 0 aliphatic heterocycles. The van der Waals surface area contributed by atoms with Crippen LogP contribution in [0.25, 0.3) is 76.5 Å². The van der Waals surface area contributed by atoms with Gasteiger partial charge in [0.25, 0.3) is 0 Å². The molecule has 0 unspecified atom stereocenters. The number of hydrogen-bond acceptors (Lipinski definition) is 2. The van der Waals surface area contributed by atoms with Crippen molar-refractivity contribution >= 4 is 71.3 Å². The van der Waals surface area contributed by atoms with Crippen molar-refractivity contribution in [2.24, 2.45) is 0 Å². The highest BCUT2D eigenvalue weighted by molar-refractivity contribution is 6.17. The molecule has 10 rings (SSSR count). The normalized spacial score (nSPS) is 11.6. The maximum atomic E-state index is 6.45. The second kappa shape index (κ2) is 11.5. The highest BCUT2D eigenvalue weighted by Gasteiger charge is 2.24. The second-order valence-electron chi connectivity index (χ2n) is 12.9. The molecule has 0 aliphatic carbocycles. The number of furan rings is 1. The van der Waals surface area contributed by atoms with Crippen LogP contribution in [0.3, 0.4) is 0 Å². The van der Waals surface area contributed by atoms with E-state index in [0.717, 1.165) is 39.0 Å². The van der Waals surface area contributed by atoms with Crippen molar-refractivity contribution < 1.29 is 4.42 Å². The summed E-state index contributed by atoms with van der Waals surface area (Å²) in [5, 5.41) is 9.63. The molecule has 0 saturated carbocycles. The van der Waals surface area contributed by atoms with E-state index in [2.05, 4.69) is 181 Å². The quantitative estimate of drug-likeness (QED) is 0.175. The van der Waals surface area contributed by atoms with Gasteiger partial charge in [-0.1, -0.05) is 140 Å². The van der Waals surface area contributed by atoms with Crippen molar-refractivity contribution in [1.82, 2.24) is 0 Å². The van der Waals surface area contributed by atoms with Gasteiger partial charge in [-0.25, -0.2) is 0 Å². The summed E-state index contributed by atoms with van der Waals surface area (Å²) in [5.41, 5.74) is 9.73. The largest absolute Gasteiger partial charge is 0.456 e. The number of benzene rings is 9. The average Bonchev–Trinajstić information content (AvgIpc) is 3.56. The Morgan fingerprint density at radius 1 is 0.320 bits per heavy atom. The Hall–Kier alpha value is -6.64. The molecule has 0 bridgehead atoms. The lowest BCUT2D eigenvalue weighted by molar-refractivity contribution is 0.669. The maximum Gasteiger partial charge on any atom is 0.137 e. The first kappa shape index (κ1) is 28.4. The summed E-state index contributed by atoms with van der Waals surface area (Å²) in [4.78, 5) is 2.39. The number of anilines is 3. The molecule has 234 valence electrons. The molecule has 1 heterocycles. The number of fused-ring (bicyclic) bond motifs is 7. The summed E-state index contributed by atoms with van der Waals surface area (Å²) in [6.45, 7) is 0. The number of rotatable bonds is 5. The third-order valence-corrected chi connectivity index (χ3v) is 10.0. The van der Waals surface area contributed by atoms with E-state index >= 15 is 0 Å². The maximum absolute atomic E-state index is 6.45. The summed E-state index contributed by atoms with van der Waals surface area (Å²) in [7, 11) is 0. The smallest absolute Gasteiger partial charge is 0.137 e. The lowest BCUT2D eigenvalue weighted by atomic mass is 9.86. The third kappa shape index (κ3) is 4.50. The van der Waals surface area contributed by atoms with Gasteiger partial charge in [0.15, 0.2) is 0 Å². The van der Waals surface area contributed by atoms with Crippen LogP contribution in [0.5, 0.6) is 0 Å². The van der Waals surface area contributed by atoms with Crippen molar-refractivity contribution in [2.45, 2.75) is 0 Å². The second-order valence-corrected chi connectivity index (χ2v) is 12.9. The summed E-state index contributed by atoms with van der Waals surface area (Å²) >= 11 is 0. The molecule has 0 N–H and O–H groups in total. The molecule has 0 saturated heterocycles. The standard InChI is InChI=1S/C48H31NO/c1-2-17-34(18-3-1)49(35-28-29-42-41-23-10-11-27-46(41)50-47(42)31-35)45-26-13-25-43(39-24-12-16-32-14-4-6-19-36(32)39)48(45)44-30-33-15-5-7-20-37(33)38-21-8-9-22-40(38)44/h1-31H. The van der Waals surface area contributed by atoms with Gasteiger partial charge in [-0.05, 0) is 91.5 Å². The minimum Gasteiger partial charge on any atom is -0.456 e. The predicted octanol–water partition coefficient (Wildman–Crippen LogP) is 13.8. The fourth-order valence-electron chi connectivity index (χ4n) is 7.81. The zero-order valence-electron chi connectivity index (χ0n) is 27.3. The lowest BCUT2D eigenvalue weighted by Gasteiger charge is -2.30. The van der Waals surface area contributed by atoms with Gasteiger partial charge in [0.05, 0.1) is 5.69 Å². The topological polar surface area (TPSA) is 16.4 Å². The molecule has 9 aromatic carbocycles.